The zero-order valence-corrected chi connectivity index (χ0v) is 11.8. The van der Waals surface area contributed by atoms with E-state index >= 15 is 0 Å². The largest absolute Gasteiger partial charge is 0.329 e. The van der Waals surface area contributed by atoms with E-state index in [1.54, 1.807) is 6.20 Å². The number of pyridine rings is 1. The lowest BCUT2D eigenvalue weighted by Gasteiger charge is -2.49. The Morgan fingerprint density at radius 2 is 2.21 bits per heavy atom. The summed E-state index contributed by atoms with van der Waals surface area (Å²) < 4.78 is 0. The quantitative estimate of drug-likeness (QED) is 0.859. The number of aromatic nitrogens is 1. The highest BCUT2D eigenvalue weighted by Crippen LogP contribution is 2.25. The van der Waals surface area contributed by atoms with Crippen LogP contribution in [-0.4, -0.2) is 52.4 Å². The van der Waals surface area contributed by atoms with Crippen LogP contribution in [0.3, 0.4) is 0 Å². The molecule has 2 heterocycles. The molecule has 5 heteroatoms. The molecule has 1 amide bonds. The van der Waals surface area contributed by atoms with Gasteiger partial charge in [0, 0.05) is 19.3 Å². The SMILES string of the molecule is CN1CC(C)(C)N(Cc2ccccn2)C(=O)C1CN. The van der Waals surface area contributed by atoms with Crippen LogP contribution in [0.2, 0.25) is 0 Å². The van der Waals surface area contributed by atoms with Gasteiger partial charge < -0.3 is 10.6 Å². The molecule has 0 aliphatic carbocycles. The van der Waals surface area contributed by atoms with Crippen molar-refractivity contribution in [3.8, 4) is 0 Å². The summed E-state index contributed by atoms with van der Waals surface area (Å²) in [7, 11) is 1.95. The fraction of sp³-hybridized carbons (Fsp3) is 0.571. The summed E-state index contributed by atoms with van der Waals surface area (Å²) >= 11 is 0. The van der Waals surface area contributed by atoms with Gasteiger partial charge in [0.25, 0.3) is 0 Å². The van der Waals surface area contributed by atoms with Gasteiger partial charge in [-0.25, -0.2) is 0 Å². The van der Waals surface area contributed by atoms with Crippen molar-refractivity contribution in [2.75, 3.05) is 20.1 Å². The number of nitrogens with zero attached hydrogens (tertiary/aromatic N) is 3. The fourth-order valence-corrected chi connectivity index (χ4v) is 2.70. The second-order valence-electron chi connectivity index (χ2n) is 5.72. The van der Waals surface area contributed by atoms with E-state index in [2.05, 4.69) is 18.8 Å². The minimum absolute atomic E-state index is 0.0897. The van der Waals surface area contributed by atoms with E-state index in [4.69, 9.17) is 5.73 Å². The minimum Gasteiger partial charge on any atom is -0.329 e. The third-order valence-electron chi connectivity index (χ3n) is 3.72. The zero-order chi connectivity index (χ0) is 14.0. The Morgan fingerprint density at radius 1 is 1.47 bits per heavy atom. The maximum atomic E-state index is 12.6. The van der Waals surface area contributed by atoms with Gasteiger partial charge in [0.05, 0.1) is 17.8 Å². The third-order valence-corrected chi connectivity index (χ3v) is 3.72. The Labute approximate surface area is 114 Å². The number of nitrogens with two attached hydrogens (primary N) is 1. The summed E-state index contributed by atoms with van der Waals surface area (Å²) in [5.74, 6) is 0.0897. The van der Waals surface area contributed by atoms with Gasteiger partial charge in [0.2, 0.25) is 5.91 Å². The lowest BCUT2D eigenvalue weighted by atomic mass is 9.95. The van der Waals surface area contributed by atoms with Crippen molar-refractivity contribution in [1.29, 1.82) is 0 Å². The topological polar surface area (TPSA) is 62.5 Å². The number of hydrogen-bond donors (Lipinski definition) is 1. The van der Waals surface area contributed by atoms with Gasteiger partial charge in [-0.15, -0.1) is 0 Å². The average Bonchev–Trinajstić information content (AvgIpc) is 2.35. The van der Waals surface area contributed by atoms with Gasteiger partial charge in [-0.05, 0) is 33.0 Å². The van der Waals surface area contributed by atoms with Gasteiger partial charge in [-0.3, -0.25) is 14.7 Å². The molecule has 0 saturated carbocycles. The second-order valence-corrected chi connectivity index (χ2v) is 5.72. The summed E-state index contributed by atoms with van der Waals surface area (Å²) in [4.78, 5) is 20.8. The van der Waals surface area contributed by atoms with Gasteiger partial charge >= 0.3 is 0 Å². The molecule has 1 aromatic rings. The molecule has 1 atom stereocenters. The molecule has 0 spiro atoms. The highest BCUT2D eigenvalue weighted by atomic mass is 16.2. The smallest absolute Gasteiger partial charge is 0.242 e. The van der Waals surface area contributed by atoms with Crippen molar-refractivity contribution < 1.29 is 4.79 Å². The minimum atomic E-state index is -0.225. The molecule has 1 unspecified atom stereocenters. The Hall–Kier alpha value is -1.46. The molecule has 1 aliphatic rings. The molecule has 0 aromatic carbocycles. The van der Waals surface area contributed by atoms with Gasteiger partial charge in [-0.1, -0.05) is 6.07 Å². The Kier molecular flexibility index (Phi) is 3.87. The van der Waals surface area contributed by atoms with E-state index in [0.717, 1.165) is 12.2 Å². The van der Waals surface area contributed by atoms with Crippen LogP contribution in [0.25, 0.3) is 0 Å². The molecule has 2 rings (SSSR count). The van der Waals surface area contributed by atoms with E-state index in [1.807, 2.05) is 35.0 Å². The van der Waals surface area contributed by atoms with Crippen LogP contribution >= 0.6 is 0 Å². The molecule has 19 heavy (non-hydrogen) atoms. The Balaban J connectivity index is 2.23. The third kappa shape index (κ3) is 2.77. The normalized spacial score (nSPS) is 23.7. The monoisotopic (exact) mass is 262 g/mol. The van der Waals surface area contributed by atoms with Crippen LogP contribution in [0.5, 0.6) is 0 Å². The van der Waals surface area contributed by atoms with Gasteiger partial charge in [0.1, 0.15) is 6.04 Å². The summed E-state index contributed by atoms with van der Waals surface area (Å²) in [5.41, 5.74) is 6.42. The second kappa shape index (κ2) is 5.27. The Morgan fingerprint density at radius 3 is 2.79 bits per heavy atom. The van der Waals surface area contributed by atoms with E-state index in [0.29, 0.717) is 13.1 Å². The number of likely N-dealkylation sites (N-methyl/N-ethyl adjacent to an activating group) is 1. The lowest BCUT2D eigenvalue weighted by Crippen LogP contribution is -2.66. The number of amides is 1. The first-order valence-corrected chi connectivity index (χ1v) is 6.57. The van der Waals surface area contributed by atoms with Crippen LogP contribution in [-0.2, 0) is 11.3 Å². The van der Waals surface area contributed by atoms with Crippen LogP contribution < -0.4 is 5.73 Å². The summed E-state index contributed by atoms with van der Waals surface area (Å²) in [6.07, 6.45) is 1.75. The van der Waals surface area contributed by atoms with Crippen molar-refractivity contribution in [3.05, 3.63) is 30.1 Å². The number of carbonyl (C=O) groups excluding carboxylic acids is 1. The molecule has 5 nitrogen and oxygen atoms in total. The predicted octanol–water partition coefficient (Wildman–Crippen LogP) is 0.462. The molecule has 104 valence electrons. The van der Waals surface area contributed by atoms with Crippen molar-refractivity contribution in [2.24, 2.45) is 5.73 Å². The van der Waals surface area contributed by atoms with E-state index in [-0.39, 0.29) is 17.5 Å². The Bertz CT molecular complexity index is 446. The van der Waals surface area contributed by atoms with Crippen LogP contribution in [0, 0.1) is 0 Å². The summed E-state index contributed by atoms with van der Waals surface area (Å²) in [6.45, 7) is 5.86. The van der Waals surface area contributed by atoms with Crippen molar-refractivity contribution in [2.45, 2.75) is 32.0 Å². The number of piperazine rings is 1. The number of rotatable bonds is 3. The molecular formula is C14H22N4O. The van der Waals surface area contributed by atoms with Crippen molar-refractivity contribution in [3.63, 3.8) is 0 Å². The standard InChI is InChI=1S/C14H22N4O/c1-14(2)10-17(3)12(8-15)13(19)18(14)9-11-6-4-5-7-16-11/h4-7,12H,8-10,15H2,1-3H3. The van der Waals surface area contributed by atoms with Crippen LogP contribution in [0.1, 0.15) is 19.5 Å². The molecule has 1 saturated heterocycles. The van der Waals surface area contributed by atoms with Gasteiger partial charge in [-0.2, -0.15) is 0 Å². The molecule has 1 aliphatic heterocycles. The van der Waals surface area contributed by atoms with Crippen LogP contribution in [0.4, 0.5) is 0 Å². The van der Waals surface area contributed by atoms with Crippen molar-refractivity contribution >= 4 is 5.91 Å². The number of hydrogen-bond acceptors (Lipinski definition) is 4. The molecule has 0 radical (unpaired) electrons. The maximum absolute atomic E-state index is 12.6. The first kappa shape index (κ1) is 14.0. The lowest BCUT2D eigenvalue weighted by molar-refractivity contribution is -0.151. The maximum Gasteiger partial charge on any atom is 0.242 e. The average molecular weight is 262 g/mol. The molecule has 2 N–H and O–H groups in total. The zero-order valence-electron chi connectivity index (χ0n) is 11.8. The first-order valence-electron chi connectivity index (χ1n) is 6.57. The van der Waals surface area contributed by atoms with E-state index in [1.165, 1.54) is 0 Å². The summed E-state index contributed by atoms with van der Waals surface area (Å²) in [5, 5.41) is 0. The molecule has 0 bridgehead atoms. The fourth-order valence-electron chi connectivity index (χ4n) is 2.70. The highest BCUT2D eigenvalue weighted by molar-refractivity contribution is 5.83. The van der Waals surface area contributed by atoms with Crippen molar-refractivity contribution in [1.82, 2.24) is 14.8 Å². The molecule has 1 fully saturated rings. The van der Waals surface area contributed by atoms with Gasteiger partial charge in [0.15, 0.2) is 0 Å². The molecule has 1 aromatic heterocycles. The highest BCUT2D eigenvalue weighted by Gasteiger charge is 2.42. The summed E-state index contributed by atoms with van der Waals surface area (Å²) in [6, 6.07) is 5.54. The predicted molar refractivity (Wildman–Crippen MR) is 74.3 cm³/mol. The number of carbonyl (C=O) groups is 1. The first-order chi connectivity index (χ1) is 8.95. The van der Waals surface area contributed by atoms with E-state index < -0.39 is 0 Å². The van der Waals surface area contributed by atoms with Crippen LogP contribution in [0.15, 0.2) is 24.4 Å². The molecular weight excluding hydrogens is 240 g/mol. The van der Waals surface area contributed by atoms with E-state index in [9.17, 15) is 4.79 Å².